The maximum Gasteiger partial charge on any atom is 0.245 e. The molecule has 17 nitrogen and oxygen atoms in total. The highest BCUT2D eigenvalue weighted by Gasteiger charge is 2.40. The lowest BCUT2D eigenvalue weighted by Gasteiger charge is -2.32. The molecule has 308 valence electrons. The summed E-state index contributed by atoms with van der Waals surface area (Å²) in [5, 5.41) is 16.3. The second-order valence-corrected chi connectivity index (χ2v) is 14.9. The number of halogens is 1. The molecule has 7 amide bonds. The van der Waals surface area contributed by atoms with Crippen LogP contribution in [0.2, 0.25) is 0 Å². The van der Waals surface area contributed by atoms with Crippen molar-refractivity contribution in [2.45, 2.75) is 121 Å². The second-order valence-electron chi connectivity index (χ2n) is 14.9. The number of nitrogens with two attached hydrogens (primary N) is 2. The summed E-state index contributed by atoms with van der Waals surface area (Å²) in [5.74, 6) is -4.38. The topological polar surface area (TPSA) is 259 Å². The third-order valence-corrected chi connectivity index (χ3v) is 10.4. The van der Waals surface area contributed by atoms with Gasteiger partial charge in [-0.1, -0.05) is 44.2 Å². The van der Waals surface area contributed by atoms with Gasteiger partial charge in [0, 0.05) is 33.0 Å². The van der Waals surface area contributed by atoms with Crippen molar-refractivity contribution in [3.63, 3.8) is 0 Å². The number of benzene rings is 1. The number of fused-ring (bicyclic) bond motifs is 1. The molecule has 0 aromatic heterocycles. The number of hydrogen-bond donors (Lipinski definition) is 8. The summed E-state index contributed by atoms with van der Waals surface area (Å²) in [6.45, 7) is 1.30. The van der Waals surface area contributed by atoms with E-state index in [1.807, 2.05) is 0 Å². The number of guanidine groups is 1. The third kappa shape index (κ3) is 13.8. The quantitative estimate of drug-likeness (QED) is 0.0806. The van der Waals surface area contributed by atoms with Crippen LogP contribution in [0.3, 0.4) is 0 Å². The van der Waals surface area contributed by atoms with Gasteiger partial charge in [0.25, 0.3) is 0 Å². The van der Waals surface area contributed by atoms with Gasteiger partial charge in [-0.3, -0.25) is 38.6 Å². The Balaban J connectivity index is 1.60. The molecule has 0 bridgehead atoms. The molecule has 3 fully saturated rings. The van der Waals surface area contributed by atoms with E-state index in [9.17, 15) is 38.0 Å². The van der Waals surface area contributed by atoms with Crippen LogP contribution in [0.5, 0.6) is 0 Å². The Kier molecular flexibility index (Phi) is 16.8. The summed E-state index contributed by atoms with van der Waals surface area (Å²) in [6.07, 6.45) is 6.77. The molecule has 10 N–H and O–H groups in total. The van der Waals surface area contributed by atoms with Gasteiger partial charge in [-0.2, -0.15) is 0 Å². The molecule has 4 rings (SSSR count). The van der Waals surface area contributed by atoms with Crippen LogP contribution < -0.4 is 43.4 Å². The van der Waals surface area contributed by atoms with E-state index >= 15 is 0 Å². The summed E-state index contributed by atoms with van der Waals surface area (Å²) in [4.78, 5) is 99.5. The van der Waals surface area contributed by atoms with Gasteiger partial charge in [-0.05, 0) is 68.6 Å². The number of rotatable bonds is 11. The van der Waals surface area contributed by atoms with Crippen molar-refractivity contribution in [1.29, 1.82) is 0 Å². The fourth-order valence-electron chi connectivity index (χ4n) is 7.59. The first-order chi connectivity index (χ1) is 26.8. The molecule has 3 aliphatic rings. The van der Waals surface area contributed by atoms with Gasteiger partial charge < -0.3 is 48.3 Å². The number of carbonyl (C=O) groups excluding carboxylic acids is 7. The fraction of sp³-hybridized carbons (Fsp3) is 0.632. The predicted molar refractivity (Wildman–Crippen MR) is 205 cm³/mol. The summed E-state index contributed by atoms with van der Waals surface area (Å²) < 4.78 is 14.0. The first kappa shape index (κ1) is 43.4. The van der Waals surface area contributed by atoms with Gasteiger partial charge in [0.1, 0.15) is 36.0 Å². The average Bonchev–Trinajstić information content (AvgIpc) is 3.65. The van der Waals surface area contributed by atoms with Gasteiger partial charge in [-0.15, -0.1) is 0 Å². The maximum absolute atomic E-state index is 14.3. The molecule has 0 spiro atoms. The molecular weight excluding hydrogens is 727 g/mol. The Morgan fingerprint density at radius 3 is 2.39 bits per heavy atom. The lowest BCUT2D eigenvalue weighted by Crippen LogP contribution is -2.58. The smallest absolute Gasteiger partial charge is 0.245 e. The number of aliphatic imine (C=N–C) groups is 1. The van der Waals surface area contributed by atoms with Gasteiger partial charge in [-0.25, -0.2) is 4.39 Å². The molecule has 0 radical (unpaired) electrons. The van der Waals surface area contributed by atoms with Gasteiger partial charge >= 0.3 is 0 Å². The zero-order valence-electron chi connectivity index (χ0n) is 32.1. The Hall–Kier alpha value is -5.29. The monoisotopic (exact) mass is 784 g/mol. The van der Waals surface area contributed by atoms with E-state index in [-0.39, 0.29) is 57.2 Å². The molecule has 1 saturated carbocycles. The lowest BCUT2D eigenvalue weighted by molar-refractivity contribution is -0.142. The predicted octanol–water partition coefficient (Wildman–Crippen LogP) is -0.631. The van der Waals surface area contributed by atoms with E-state index in [0.717, 1.165) is 32.1 Å². The molecular formula is C38H57FN10O7. The van der Waals surface area contributed by atoms with E-state index in [1.54, 1.807) is 6.07 Å². The van der Waals surface area contributed by atoms with Crippen LogP contribution >= 0.6 is 0 Å². The van der Waals surface area contributed by atoms with Crippen LogP contribution in [0.15, 0.2) is 29.3 Å². The maximum atomic E-state index is 14.3. The zero-order chi connectivity index (χ0) is 40.6. The molecule has 2 aliphatic heterocycles. The Morgan fingerprint density at radius 2 is 1.68 bits per heavy atom. The normalized spacial score (nSPS) is 23.9. The lowest BCUT2D eigenvalue weighted by atomic mass is 9.84. The van der Waals surface area contributed by atoms with Gasteiger partial charge in [0.2, 0.25) is 41.4 Å². The van der Waals surface area contributed by atoms with Crippen molar-refractivity contribution in [2.24, 2.45) is 22.4 Å². The van der Waals surface area contributed by atoms with E-state index in [0.29, 0.717) is 31.2 Å². The number of nitrogens with zero attached hydrogens (tertiary/aromatic N) is 2. The number of hydrogen-bond acceptors (Lipinski definition) is 8. The number of carbonyl (C=O) groups is 7. The van der Waals surface area contributed by atoms with Gasteiger partial charge in [0.05, 0.1) is 6.54 Å². The minimum Gasteiger partial charge on any atom is -0.370 e. The van der Waals surface area contributed by atoms with E-state index in [2.05, 4.69) is 36.9 Å². The Morgan fingerprint density at radius 1 is 0.929 bits per heavy atom. The molecule has 1 aliphatic carbocycles. The van der Waals surface area contributed by atoms with Crippen molar-refractivity contribution >= 4 is 47.3 Å². The standard InChI is InChI=1S/C38H57FN10O7/c1-23(50)45-30(21-25-11-5-12-26(39)19-25)35(54)47-28-14-7-16-42-33(52)27(13-6-17-43-38(40)41)46-32(51)22-44-34(53)29(20-24-9-3-2-4-10-24)48-36(55)31-15-8-18-49(31)37(28)56/h5,11-12,19,24,27-31H,2-4,6-10,13-18,20-22H2,1H3,(H,42,52)(H,44,53)(H,45,50)(H,46,51)(H,47,54)(H,48,55)(H4,40,41,43)/t27-,28-,29+,30-,31-/m0/s1. The summed E-state index contributed by atoms with van der Waals surface area (Å²) in [7, 11) is 0. The van der Waals surface area contributed by atoms with Crippen LogP contribution in [-0.4, -0.2) is 109 Å². The highest BCUT2D eigenvalue weighted by molar-refractivity contribution is 5.96. The van der Waals surface area contributed by atoms with E-state index < -0.39 is 83.9 Å². The van der Waals surface area contributed by atoms with Crippen LogP contribution in [0, 0.1) is 11.7 Å². The summed E-state index contributed by atoms with van der Waals surface area (Å²) in [6, 6.07) is 0.356. The van der Waals surface area contributed by atoms with Crippen molar-refractivity contribution in [3.05, 3.63) is 35.6 Å². The highest BCUT2D eigenvalue weighted by atomic mass is 19.1. The number of amides is 7. The highest BCUT2D eigenvalue weighted by Crippen LogP contribution is 2.28. The largest absolute Gasteiger partial charge is 0.370 e. The molecule has 5 atom stereocenters. The first-order valence-electron chi connectivity index (χ1n) is 19.6. The van der Waals surface area contributed by atoms with E-state index in [4.69, 9.17) is 11.5 Å². The van der Waals surface area contributed by atoms with Crippen LogP contribution in [-0.2, 0) is 40.0 Å². The average molecular weight is 785 g/mol. The summed E-state index contributed by atoms with van der Waals surface area (Å²) >= 11 is 0. The SMILES string of the molecule is CC(=O)N[C@@H](Cc1cccc(F)c1)C(=O)N[C@H]1CCCNC(=O)[C@H](CCCN=C(N)N)NC(=O)CNC(=O)[C@@H](CC2CCCCC2)NC(=O)[C@@H]2CCCN2C1=O. The zero-order valence-corrected chi connectivity index (χ0v) is 32.1. The molecule has 0 unspecified atom stereocenters. The molecule has 1 aromatic carbocycles. The molecule has 18 heteroatoms. The Labute approximate surface area is 326 Å². The minimum atomic E-state index is -1.17. The fourth-order valence-corrected chi connectivity index (χ4v) is 7.59. The van der Waals surface area contributed by atoms with Crippen molar-refractivity contribution in [3.8, 4) is 0 Å². The summed E-state index contributed by atoms with van der Waals surface area (Å²) in [5.41, 5.74) is 11.3. The van der Waals surface area contributed by atoms with Crippen LogP contribution in [0.4, 0.5) is 4.39 Å². The van der Waals surface area contributed by atoms with Crippen molar-refractivity contribution in [2.75, 3.05) is 26.2 Å². The Bertz CT molecular complexity index is 1600. The van der Waals surface area contributed by atoms with Crippen LogP contribution in [0.1, 0.15) is 89.5 Å². The van der Waals surface area contributed by atoms with Crippen molar-refractivity contribution in [1.82, 2.24) is 36.8 Å². The van der Waals surface area contributed by atoms with Gasteiger partial charge in [0.15, 0.2) is 5.96 Å². The molecule has 1 aromatic rings. The molecule has 56 heavy (non-hydrogen) atoms. The van der Waals surface area contributed by atoms with E-state index in [1.165, 1.54) is 30.0 Å². The number of nitrogens with one attached hydrogen (secondary N) is 6. The second kappa shape index (κ2) is 21.7. The first-order valence-corrected chi connectivity index (χ1v) is 19.6. The molecule has 2 saturated heterocycles. The molecule has 2 heterocycles. The third-order valence-electron chi connectivity index (χ3n) is 10.4. The minimum absolute atomic E-state index is 0.0384. The van der Waals surface area contributed by atoms with Crippen molar-refractivity contribution < 1.29 is 38.0 Å². The van der Waals surface area contributed by atoms with Crippen LogP contribution in [0.25, 0.3) is 0 Å².